The fourth-order valence-corrected chi connectivity index (χ4v) is 2.52. The van der Waals surface area contributed by atoms with Crippen LogP contribution in [0.5, 0.6) is 0 Å². The van der Waals surface area contributed by atoms with E-state index >= 15 is 0 Å². The third kappa shape index (κ3) is 3.09. The van der Waals surface area contributed by atoms with Crippen LogP contribution in [-0.2, 0) is 6.54 Å². The van der Waals surface area contributed by atoms with Gasteiger partial charge in [0.1, 0.15) is 5.82 Å². The number of hydrogen-bond acceptors (Lipinski definition) is 2. The largest absolute Gasteiger partial charge is 0.347 e. The van der Waals surface area contributed by atoms with Crippen molar-refractivity contribution in [3.05, 3.63) is 56.5 Å². The van der Waals surface area contributed by atoms with Gasteiger partial charge in [0.25, 0.3) is 5.91 Å². The molecule has 2 aromatic rings. The lowest BCUT2D eigenvalue weighted by atomic mass is 10.2. The first-order chi connectivity index (χ1) is 8.56. The minimum atomic E-state index is -0.570. The molecule has 1 aromatic heterocycles. The molecule has 0 saturated heterocycles. The molecule has 1 heterocycles. The van der Waals surface area contributed by atoms with Crippen LogP contribution >= 0.6 is 22.9 Å². The van der Waals surface area contributed by atoms with Crippen molar-refractivity contribution in [1.82, 2.24) is 5.32 Å². The van der Waals surface area contributed by atoms with Gasteiger partial charge in [-0.2, -0.15) is 0 Å². The molecule has 0 aliphatic carbocycles. The Hall–Kier alpha value is -1.39. The molecule has 0 fully saturated rings. The monoisotopic (exact) mass is 283 g/mol. The first kappa shape index (κ1) is 13.1. The second-order valence-corrected chi connectivity index (χ2v) is 5.63. The van der Waals surface area contributed by atoms with Crippen LogP contribution in [0.4, 0.5) is 4.39 Å². The highest BCUT2D eigenvalue weighted by Gasteiger charge is 2.12. The summed E-state index contributed by atoms with van der Waals surface area (Å²) in [6.45, 7) is 2.38. The zero-order chi connectivity index (χ0) is 13.1. The smallest absolute Gasteiger partial charge is 0.254 e. The average Bonchev–Trinajstić information content (AvgIpc) is 2.75. The van der Waals surface area contributed by atoms with E-state index in [0.29, 0.717) is 11.6 Å². The zero-order valence-corrected chi connectivity index (χ0v) is 11.2. The van der Waals surface area contributed by atoms with Gasteiger partial charge in [-0.15, -0.1) is 11.3 Å². The Morgan fingerprint density at radius 1 is 1.39 bits per heavy atom. The maximum Gasteiger partial charge on any atom is 0.254 e. The predicted octanol–water partition coefficient (Wildman–Crippen LogP) is 3.78. The van der Waals surface area contributed by atoms with Gasteiger partial charge in [0.2, 0.25) is 0 Å². The second kappa shape index (κ2) is 5.50. The van der Waals surface area contributed by atoms with Crippen LogP contribution in [0.2, 0.25) is 5.02 Å². The van der Waals surface area contributed by atoms with Crippen molar-refractivity contribution in [3.8, 4) is 0 Å². The van der Waals surface area contributed by atoms with Crippen molar-refractivity contribution < 1.29 is 9.18 Å². The van der Waals surface area contributed by atoms with E-state index in [1.54, 1.807) is 11.3 Å². The van der Waals surface area contributed by atoms with Crippen molar-refractivity contribution >= 4 is 28.8 Å². The molecule has 0 unspecified atom stereocenters. The predicted molar refractivity (Wildman–Crippen MR) is 71.6 cm³/mol. The maximum atomic E-state index is 13.4. The molecule has 1 amide bonds. The second-order valence-electron chi connectivity index (χ2n) is 3.82. The number of carbonyl (C=O) groups is 1. The molecule has 94 valence electrons. The molecule has 0 radical (unpaired) electrons. The van der Waals surface area contributed by atoms with Crippen LogP contribution in [0.1, 0.15) is 20.1 Å². The molecule has 18 heavy (non-hydrogen) atoms. The Bertz CT molecular complexity index is 582. The lowest BCUT2D eigenvalue weighted by Crippen LogP contribution is -2.23. The van der Waals surface area contributed by atoms with Crippen LogP contribution in [0, 0.1) is 12.7 Å². The van der Waals surface area contributed by atoms with Crippen LogP contribution in [0.25, 0.3) is 0 Å². The van der Waals surface area contributed by atoms with Crippen molar-refractivity contribution in [2.45, 2.75) is 13.5 Å². The lowest BCUT2D eigenvalue weighted by molar-refractivity contribution is 0.0947. The summed E-state index contributed by atoms with van der Waals surface area (Å²) in [5.74, 6) is -1.03. The van der Waals surface area contributed by atoms with Gasteiger partial charge in [-0.3, -0.25) is 4.79 Å². The summed E-state index contributed by atoms with van der Waals surface area (Å²) in [6.07, 6.45) is 0. The summed E-state index contributed by atoms with van der Waals surface area (Å²) < 4.78 is 13.4. The SMILES string of the molecule is Cc1ccc(CNC(=O)c2cc(Cl)ccc2F)s1. The number of aryl methyl sites for hydroxylation is 1. The van der Waals surface area contributed by atoms with Crippen LogP contribution in [0.3, 0.4) is 0 Å². The van der Waals surface area contributed by atoms with E-state index in [1.165, 1.54) is 23.1 Å². The Morgan fingerprint density at radius 2 is 2.17 bits per heavy atom. The molecular weight excluding hydrogens is 273 g/mol. The first-order valence-corrected chi connectivity index (χ1v) is 6.54. The standard InChI is InChI=1S/C13H11ClFNOS/c1-8-2-4-10(18-8)7-16-13(17)11-6-9(14)3-5-12(11)15/h2-6H,7H2,1H3,(H,16,17). The number of halogens is 2. The summed E-state index contributed by atoms with van der Waals surface area (Å²) in [5.41, 5.74) is -0.0317. The molecule has 2 rings (SSSR count). The maximum absolute atomic E-state index is 13.4. The minimum Gasteiger partial charge on any atom is -0.347 e. The van der Waals surface area contributed by atoms with E-state index in [4.69, 9.17) is 11.6 Å². The molecule has 5 heteroatoms. The molecule has 2 nitrogen and oxygen atoms in total. The molecule has 0 atom stereocenters. The Morgan fingerprint density at radius 3 is 2.83 bits per heavy atom. The number of thiophene rings is 1. The molecule has 0 aliphatic rings. The zero-order valence-electron chi connectivity index (χ0n) is 9.67. The Labute approximate surface area is 113 Å². The van der Waals surface area contributed by atoms with Gasteiger partial charge in [0, 0.05) is 14.8 Å². The van der Waals surface area contributed by atoms with Crippen LogP contribution < -0.4 is 5.32 Å². The molecular formula is C13H11ClFNOS. The summed E-state index contributed by atoms with van der Waals surface area (Å²) >= 11 is 7.33. The Kier molecular flexibility index (Phi) is 3.99. The number of amides is 1. The number of carbonyl (C=O) groups excluding carboxylic acids is 1. The van der Waals surface area contributed by atoms with E-state index in [-0.39, 0.29) is 5.56 Å². The quantitative estimate of drug-likeness (QED) is 0.912. The highest BCUT2D eigenvalue weighted by atomic mass is 35.5. The van der Waals surface area contributed by atoms with Gasteiger partial charge in [-0.1, -0.05) is 11.6 Å². The average molecular weight is 284 g/mol. The van der Waals surface area contributed by atoms with Gasteiger partial charge in [-0.25, -0.2) is 4.39 Å². The number of rotatable bonds is 3. The summed E-state index contributed by atoms with van der Waals surface area (Å²) in [4.78, 5) is 14.0. The summed E-state index contributed by atoms with van der Waals surface area (Å²) in [5, 5.41) is 3.01. The summed E-state index contributed by atoms with van der Waals surface area (Å²) in [7, 11) is 0. The van der Waals surface area contributed by atoms with E-state index in [1.807, 2.05) is 19.1 Å². The van der Waals surface area contributed by atoms with E-state index < -0.39 is 11.7 Å². The van der Waals surface area contributed by atoms with Crippen molar-refractivity contribution in [3.63, 3.8) is 0 Å². The number of hydrogen-bond donors (Lipinski definition) is 1. The fourth-order valence-electron chi connectivity index (χ4n) is 1.51. The molecule has 0 spiro atoms. The highest BCUT2D eigenvalue weighted by Crippen LogP contribution is 2.17. The topological polar surface area (TPSA) is 29.1 Å². The van der Waals surface area contributed by atoms with E-state index in [0.717, 1.165) is 4.88 Å². The summed E-state index contributed by atoms with van der Waals surface area (Å²) in [6, 6.07) is 7.84. The highest BCUT2D eigenvalue weighted by molar-refractivity contribution is 7.11. The van der Waals surface area contributed by atoms with Crippen molar-refractivity contribution in [2.24, 2.45) is 0 Å². The molecule has 1 N–H and O–H groups in total. The first-order valence-electron chi connectivity index (χ1n) is 5.35. The molecule has 1 aromatic carbocycles. The Balaban J connectivity index is 2.05. The van der Waals surface area contributed by atoms with Gasteiger partial charge in [0.05, 0.1) is 12.1 Å². The van der Waals surface area contributed by atoms with Gasteiger partial charge >= 0.3 is 0 Å². The molecule has 0 aliphatic heterocycles. The van der Waals surface area contributed by atoms with E-state index in [2.05, 4.69) is 5.32 Å². The number of nitrogens with one attached hydrogen (secondary N) is 1. The third-order valence-corrected chi connectivity index (χ3v) is 3.63. The lowest BCUT2D eigenvalue weighted by Gasteiger charge is -2.05. The van der Waals surface area contributed by atoms with Crippen LogP contribution in [-0.4, -0.2) is 5.91 Å². The van der Waals surface area contributed by atoms with Gasteiger partial charge in [-0.05, 0) is 37.3 Å². The molecule has 0 bridgehead atoms. The normalized spacial score (nSPS) is 10.4. The van der Waals surface area contributed by atoms with E-state index in [9.17, 15) is 9.18 Å². The molecule has 0 saturated carbocycles. The van der Waals surface area contributed by atoms with Crippen LogP contribution in [0.15, 0.2) is 30.3 Å². The minimum absolute atomic E-state index is 0.0317. The fraction of sp³-hybridized carbons (Fsp3) is 0.154. The number of benzene rings is 1. The van der Waals surface area contributed by atoms with Gasteiger partial charge in [0.15, 0.2) is 0 Å². The third-order valence-electron chi connectivity index (χ3n) is 2.39. The van der Waals surface area contributed by atoms with Gasteiger partial charge < -0.3 is 5.32 Å². The van der Waals surface area contributed by atoms with Crippen molar-refractivity contribution in [1.29, 1.82) is 0 Å². The van der Waals surface area contributed by atoms with Crippen molar-refractivity contribution in [2.75, 3.05) is 0 Å².